The van der Waals surface area contributed by atoms with Gasteiger partial charge in [0, 0.05) is 6.54 Å². The zero-order valence-corrected chi connectivity index (χ0v) is 15.5. The fourth-order valence-electron chi connectivity index (χ4n) is 4.13. The van der Waals surface area contributed by atoms with Crippen molar-refractivity contribution in [3.05, 3.63) is 70.5 Å². The van der Waals surface area contributed by atoms with E-state index in [9.17, 15) is 14.0 Å². The van der Waals surface area contributed by atoms with Crippen LogP contribution in [0.4, 0.5) is 4.39 Å². The quantitative estimate of drug-likeness (QED) is 0.473. The van der Waals surface area contributed by atoms with E-state index in [1.807, 2.05) is 18.2 Å². The van der Waals surface area contributed by atoms with Crippen molar-refractivity contribution in [1.82, 2.24) is 4.57 Å². The van der Waals surface area contributed by atoms with E-state index >= 15 is 0 Å². The Bertz CT molecular complexity index is 1050. The Morgan fingerprint density at radius 2 is 1.93 bits per heavy atom. The SMILES string of the molecule is O=C(OCCCn1c(=O)oc2ccccc21)C1(c2cccc(F)c2)CCCC1. The molecule has 6 heteroatoms. The molecule has 1 aliphatic carbocycles. The molecule has 0 spiro atoms. The average Bonchev–Trinajstić information content (AvgIpc) is 3.31. The van der Waals surface area contributed by atoms with Gasteiger partial charge in [0.25, 0.3) is 0 Å². The number of ether oxygens (including phenoxy) is 1. The molecule has 5 nitrogen and oxygen atoms in total. The Morgan fingerprint density at radius 1 is 1.14 bits per heavy atom. The van der Waals surface area contributed by atoms with Crippen molar-refractivity contribution < 1.29 is 18.3 Å². The third kappa shape index (κ3) is 3.35. The first kappa shape index (κ1) is 18.5. The van der Waals surface area contributed by atoms with Gasteiger partial charge >= 0.3 is 11.7 Å². The number of fused-ring (bicyclic) bond motifs is 1. The van der Waals surface area contributed by atoms with Gasteiger partial charge in [0.05, 0.1) is 17.5 Å². The van der Waals surface area contributed by atoms with Gasteiger partial charge in [-0.2, -0.15) is 0 Å². The van der Waals surface area contributed by atoms with E-state index in [2.05, 4.69) is 0 Å². The van der Waals surface area contributed by atoms with Crippen LogP contribution >= 0.6 is 0 Å². The van der Waals surface area contributed by atoms with E-state index in [1.54, 1.807) is 22.8 Å². The number of hydrogen-bond donors (Lipinski definition) is 0. The molecule has 1 saturated carbocycles. The lowest BCUT2D eigenvalue weighted by atomic mass is 9.79. The van der Waals surface area contributed by atoms with Crippen molar-refractivity contribution in [2.45, 2.75) is 44.1 Å². The van der Waals surface area contributed by atoms with Crippen LogP contribution in [0.5, 0.6) is 0 Å². The highest BCUT2D eigenvalue weighted by Crippen LogP contribution is 2.42. The molecule has 1 aromatic heterocycles. The average molecular weight is 383 g/mol. The first-order valence-corrected chi connectivity index (χ1v) is 9.62. The van der Waals surface area contributed by atoms with Crippen LogP contribution in [0, 0.1) is 5.82 Å². The van der Waals surface area contributed by atoms with E-state index in [-0.39, 0.29) is 18.4 Å². The molecular formula is C22H22FNO4. The number of benzene rings is 2. The highest BCUT2D eigenvalue weighted by atomic mass is 19.1. The molecule has 1 fully saturated rings. The standard InChI is InChI=1S/C22H22FNO4/c23-17-8-5-7-16(15-17)22(11-3-4-12-22)20(25)27-14-6-13-24-18-9-1-2-10-19(18)28-21(24)26/h1-2,5,7-10,15H,3-4,6,11-14H2. The van der Waals surface area contributed by atoms with Gasteiger partial charge in [0.1, 0.15) is 5.82 Å². The largest absolute Gasteiger partial charge is 0.465 e. The Hall–Kier alpha value is -2.89. The molecule has 0 atom stereocenters. The Balaban J connectivity index is 1.42. The Kier molecular flexibility index (Phi) is 5.03. The maximum Gasteiger partial charge on any atom is 0.419 e. The molecule has 4 rings (SSSR count). The molecule has 0 bridgehead atoms. The topological polar surface area (TPSA) is 61.4 Å². The molecular weight excluding hydrogens is 361 g/mol. The van der Waals surface area contributed by atoms with Gasteiger partial charge in [-0.3, -0.25) is 9.36 Å². The lowest BCUT2D eigenvalue weighted by Gasteiger charge is -2.27. The minimum atomic E-state index is -0.763. The van der Waals surface area contributed by atoms with Crippen LogP contribution in [0.25, 0.3) is 11.1 Å². The van der Waals surface area contributed by atoms with Crippen LogP contribution in [0.2, 0.25) is 0 Å². The predicted octanol–water partition coefficient (Wildman–Crippen LogP) is 4.18. The second kappa shape index (κ2) is 7.62. The van der Waals surface area contributed by atoms with Gasteiger partial charge in [-0.1, -0.05) is 37.1 Å². The molecule has 0 aliphatic heterocycles. The second-order valence-corrected chi connectivity index (χ2v) is 7.28. The molecule has 2 aromatic carbocycles. The van der Waals surface area contributed by atoms with Crippen molar-refractivity contribution >= 4 is 17.1 Å². The van der Waals surface area contributed by atoms with Crippen molar-refractivity contribution in [3.8, 4) is 0 Å². The van der Waals surface area contributed by atoms with Crippen LogP contribution < -0.4 is 5.76 Å². The van der Waals surface area contributed by atoms with Crippen molar-refractivity contribution in [2.24, 2.45) is 0 Å². The first-order chi connectivity index (χ1) is 13.6. The molecule has 0 saturated heterocycles. The van der Waals surface area contributed by atoms with Crippen molar-refractivity contribution in [3.63, 3.8) is 0 Å². The number of rotatable bonds is 6. The minimum Gasteiger partial charge on any atom is -0.465 e. The predicted molar refractivity (Wildman–Crippen MR) is 103 cm³/mol. The smallest absolute Gasteiger partial charge is 0.419 e. The third-order valence-electron chi connectivity index (χ3n) is 5.56. The van der Waals surface area contributed by atoms with Gasteiger partial charge in [0.15, 0.2) is 5.58 Å². The number of carbonyl (C=O) groups excluding carboxylic acids is 1. The van der Waals surface area contributed by atoms with Gasteiger partial charge in [0.2, 0.25) is 0 Å². The van der Waals surface area contributed by atoms with Gasteiger partial charge in [-0.05, 0) is 49.1 Å². The zero-order valence-electron chi connectivity index (χ0n) is 15.5. The number of hydrogen-bond acceptors (Lipinski definition) is 4. The number of oxazole rings is 1. The number of halogens is 1. The summed E-state index contributed by atoms with van der Waals surface area (Å²) in [6, 6.07) is 13.5. The number of carbonyl (C=O) groups is 1. The number of esters is 1. The molecule has 1 heterocycles. The summed E-state index contributed by atoms with van der Waals surface area (Å²) in [5, 5.41) is 0. The van der Waals surface area contributed by atoms with Crippen LogP contribution in [0.1, 0.15) is 37.7 Å². The van der Waals surface area contributed by atoms with E-state index in [4.69, 9.17) is 9.15 Å². The maximum atomic E-state index is 13.7. The first-order valence-electron chi connectivity index (χ1n) is 9.62. The maximum absolute atomic E-state index is 13.7. The molecule has 0 unspecified atom stereocenters. The number of aromatic nitrogens is 1. The summed E-state index contributed by atoms with van der Waals surface area (Å²) in [6.07, 6.45) is 3.67. The van der Waals surface area contributed by atoms with E-state index < -0.39 is 11.2 Å². The highest BCUT2D eigenvalue weighted by molar-refractivity contribution is 5.83. The summed E-state index contributed by atoms with van der Waals surface area (Å²) in [7, 11) is 0. The summed E-state index contributed by atoms with van der Waals surface area (Å²) >= 11 is 0. The van der Waals surface area contributed by atoms with Gasteiger partial charge < -0.3 is 9.15 Å². The van der Waals surface area contributed by atoms with E-state index in [0.29, 0.717) is 37.0 Å². The van der Waals surface area contributed by atoms with Crippen LogP contribution in [0.15, 0.2) is 57.7 Å². The molecule has 3 aromatic rings. The fourth-order valence-corrected chi connectivity index (χ4v) is 4.13. The molecule has 146 valence electrons. The van der Waals surface area contributed by atoms with Crippen LogP contribution in [-0.4, -0.2) is 17.1 Å². The van der Waals surface area contributed by atoms with Crippen molar-refractivity contribution in [2.75, 3.05) is 6.61 Å². The van der Waals surface area contributed by atoms with E-state index in [0.717, 1.165) is 18.4 Å². The fraction of sp³-hybridized carbons (Fsp3) is 0.364. The second-order valence-electron chi connectivity index (χ2n) is 7.28. The Morgan fingerprint density at radius 3 is 2.71 bits per heavy atom. The highest BCUT2D eigenvalue weighted by Gasteiger charge is 2.44. The number of para-hydroxylation sites is 2. The lowest BCUT2D eigenvalue weighted by molar-refractivity contribution is -0.150. The minimum absolute atomic E-state index is 0.196. The third-order valence-corrected chi connectivity index (χ3v) is 5.56. The monoisotopic (exact) mass is 383 g/mol. The summed E-state index contributed by atoms with van der Waals surface area (Å²) < 4.78 is 26.0. The van der Waals surface area contributed by atoms with Crippen LogP contribution in [0.3, 0.4) is 0 Å². The van der Waals surface area contributed by atoms with E-state index in [1.165, 1.54) is 12.1 Å². The summed E-state index contributed by atoms with van der Waals surface area (Å²) in [5.41, 5.74) is 1.19. The Labute approximate surface area is 161 Å². The number of nitrogens with zero attached hydrogens (tertiary/aromatic N) is 1. The lowest BCUT2D eigenvalue weighted by Crippen LogP contribution is -2.35. The zero-order chi connectivity index (χ0) is 19.6. The summed E-state index contributed by atoms with van der Waals surface area (Å²) in [5.74, 6) is -1.07. The molecule has 28 heavy (non-hydrogen) atoms. The molecule has 1 aliphatic rings. The summed E-state index contributed by atoms with van der Waals surface area (Å²) in [4.78, 5) is 24.9. The molecule has 0 amide bonds. The summed E-state index contributed by atoms with van der Waals surface area (Å²) in [6.45, 7) is 0.595. The van der Waals surface area contributed by atoms with Gasteiger partial charge in [-0.25, -0.2) is 9.18 Å². The molecule has 0 radical (unpaired) electrons. The number of aryl methyl sites for hydroxylation is 1. The van der Waals surface area contributed by atoms with Crippen LogP contribution in [-0.2, 0) is 21.5 Å². The normalized spacial score (nSPS) is 15.8. The molecule has 0 N–H and O–H groups in total. The van der Waals surface area contributed by atoms with Gasteiger partial charge in [-0.15, -0.1) is 0 Å². The van der Waals surface area contributed by atoms with Crippen molar-refractivity contribution in [1.29, 1.82) is 0 Å².